The molecular formula is C24H28FN3O. The Morgan fingerprint density at radius 2 is 1.90 bits per heavy atom. The van der Waals surface area contributed by atoms with Gasteiger partial charge in [0.2, 0.25) is 0 Å². The number of hydrogen-bond donors (Lipinski definition) is 1. The Hall–Kier alpha value is -2.34. The summed E-state index contributed by atoms with van der Waals surface area (Å²) >= 11 is 0. The molecule has 1 fully saturated rings. The molecule has 1 aromatic heterocycles. The summed E-state index contributed by atoms with van der Waals surface area (Å²) in [6.45, 7) is 4.92. The molecule has 3 aromatic rings. The standard InChI is InChI=1S/C24H28FN3O/c25-21-7-9-24-20(16-21)6-8-22(26-24)17-27-13-14-28(23(18-27)11-15-29)12-10-19-4-2-1-3-5-19/h1-9,16,23,29H,10-15,17-18H2. The minimum atomic E-state index is -0.231. The first kappa shape index (κ1) is 20.0. The van der Waals surface area contributed by atoms with E-state index in [2.05, 4.69) is 34.1 Å². The van der Waals surface area contributed by atoms with Crippen molar-refractivity contribution in [2.45, 2.75) is 25.4 Å². The molecule has 4 rings (SSSR count). The zero-order chi connectivity index (χ0) is 20.1. The topological polar surface area (TPSA) is 39.6 Å². The van der Waals surface area contributed by atoms with E-state index in [0.29, 0.717) is 6.04 Å². The molecule has 2 aromatic carbocycles. The van der Waals surface area contributed by atoms with Gasteiger partial charge in [-0.2, -0.15) is 0 Å². The minimum absolute atomic E-state index is 0.208. The number of benzene rings is 2. The van der Waals surface area contributed by atoms with Crippen molar-refractivity contribution in [1.29, 1.82) is 0 Å². The van der Waals surface area contributed by atoms with Crippen molar-refractivity contribution in [2.24, 2.45) is 0 Å². The highest BCUT2D eigenvalue weighted by Crippen LogP contribution is 2.18. The van der Waals surface area contributed by atoms with Crippen molar-refractivity contribution < 1.29 is 9.50 Å². The average molecular weight is 394 g/mol. The predicted octanol–water partition coefficient (Wildman–Crippen LogP) is 3.49. The zero-order valence-corrected chi connectivity index (χ0v) is 16.7. The molecule has 0 bridgehead atoms. The maximum atomic E-state index is 13.4. The quantitative estimate of drug-likeness (QED) is 0.667. The van der Waals surface area contributed by atoms with Crippen LogP contribution in [-0.4, -0.2) is 58.7 Å². The smallest absolute Gasteiger partial charge is 0.123 e. The lowest BCUT2D eigenvalue weighted by Gasteiger charge is -2.41. The summed E-state index contributed by atoms with van der Waals surface area (Å²) in [5.41, 5.74) is 3.19. The summed E-state index contributed by atoms with van der Waals surface area (Å²) in [7, 11) is 0. The van der Waals surface area contributed by atoms with Gasteiger partial charge in [-0.15, -0.1) is 0 Å². The molecule has 1 aliphatic heterocycles. The molecular weight excluding hydrogens is 365 g/mol. The van der Waals surface area contributed by atoms with E-state index in [1.165, 1.54) is 17.7 Å². The summed E-state index contributed by atoms with van der Waals surface area (Å²) in [6, 6.07) is 19.6. The van der Waals surface area contributed by atoms with Crippen LogP contribution in [0.5, 0.6) is 0 Å². The van der Waals surface area contributed by atoms with E-state index in [9.17, 15) is 9.50 Å². The van der Waals surface area contributed by atoms with E-state index in [1.807, 2.05) is 18.2 Å². The van der Waals surface area contributed by atoms with E-state index < -0.39 is 0 Å². The van der Waals surface area contributed by atoms with Crippen molar-refractivity contribution in [1.82, 2.24) is 14.8 Å². The number of fused-ring (bicyclic) bond motifs is 1. The van der Waals surface area contributed by atoms with Gasteiger partial charge in [0.1, 0.15) is 5.82 Å². The van der Waals surface area contributed by atoms with Gasteiger partial charge in [0, 0.05) is 50.8 Å². The van der Waals surface area contributed by atoms with E-state index >= 15 is 0 Å². The van der Waals surface area contributed by atoms with Crippen LogP contribution in [0.3, 0.4) is 0 Å². The maximum absolute atomic E-state index is 13.4. The van der Waals surface area contributed by atoms with E-state index in [1.54, 1.807) is 6.07 Å². The number of nitrogens with zero attached hydrogens (tertiary/aromatic N) is 3. The van der Waals surface area contributed by atoms with Crippen LogP contribution in [0.2, 0.25) is 0 Å². The average Bonchev–Trinajstić information content (AvgIpc) is 2.74. The highest BCUT2D eigenvalue weighted by Gasteiger charge is 2.26. The van der Waals surface area contributed by atoms with Crippen molar-refractivity contribution in [3.63, 3.8) is 0 Å². The SMILES string of the molecule is OCCC1CN(Cc2ccc3cc(F)ccc3n2)CCN1CCc1ccccc1. The van der Waals surface area contributed by atoms with Gasteiger partial charge in [0.25, 0.3) is 0 Å². The zero-order valence-electron chi connectivity index (χ0n) is 16.7. The van der Waals surface area contributed by atoms with Crippen LogP contribution < -0.4 is 0 Å². The predicted molar refractivity (Wildman–Crippen MR) is 114 cm³/mol. The summed E-state index contributed by atoms with van der Waals surface area (Å²) in [4.78, 5) is 9.63. The van der Waals surface area contributed by atoms with Crippen LogP contribution in [0, 0.1) is 5.82 Å². The molecule has 29 heavy (non-hydrogen) atoms. The Kier molecular flexibility index (Phi) is 6.49. The Bertz CT molecular complexity index is 934. The van der Waals surface area contributed by atoms with Crippen molar-refractivity contribution in [3.05, 3.63) is 77.7 Å². The molecule has 1 saturated heterocycles. The third kappa shape index (κ3) is 5.18. The first-order chi connectivity index (χ1) is 14.2. The second-order valence-electron chi connectivity index (χ2n) is 7.81. The molecule has 0 aliphatic carbocycles. The van der Waals surface area contributed by atoms with Crippen LogP contribution in [0.4, 0.5) is 4.39 Å². The molecule has 152 valence electrons. The second kappa shape index (κ2) is 9.44. The summed E-state index contributed by atoms with van der Waals surface area (Å²) < 4.78 is 13.4. The maximum Gasteiger partial charge on any atom is 0.123 e. The van der Waals surface area contributed by atoms with Gasteiger partial charge in [0.05, 0.1) is 11.2 Å². The number of halogens is 1. The fourth-order valence-electron chi connectivity index (χ4n) is 4.19. The van der Waals surface area contributed by atoms with Gasteiger partial charge >= 0.3 is 0 Å². The summed E-state index contributed by atoms with van der Waals surface area (Å²) in [5, 5.41) is 10.4. The van der Waals surface area contributed by atoms with Crippen LogP contribution in [0.15, 0.2) is 60.7 Å². The van der Waals surface area contributed by atoms with Gasteiger partial charge in [-0.1, -0.05) is 36.4 Å². The first-order valence-corrected chi connectivity index (χ1v) is 10.4. The fraction of sp³-hybridized carbons (Fsp3) is 0.375. The molecule has 0 saturated carbocycles. The van der Waals surface area contributed by atoms with Gasteiger partial charge in [-0.3, -0.25) is 14.8 Å². The minimum Gasteiger partial charge on any atom is -0.396 e. The Morgan fingerprint density at radius 3 is 2.72 bits per heavy atom. The molecule has 4 nitrogen and oxygen atoms in total. The van der Waals surface area contributed by atoms with Gasteiger partial charge in [-0.25, -0.2) is 4.39 Å². The van der Waals surface area contributed by atoms with Crippen molar-refractivity contribution in [2.75, 3.05) is 32.8 Å². The fourth-order valence-corrected chi connectivity index (χ4v) is 4.19. The molecule has 0 amide bonds. The van der Waals surface area contributed by atoms with Crippen LogP contribution in [-0.2, 0) is 13.0 Å². The lowest BCUT2D eigenvalue weighted by Crippen LogP contribution is -2.53. The monoisotopic (exact) mass is 393 g/mol. The number of aromatic nitrogens is 1. The normalized spacial score (nSPS) is 18.3. The van der Waals surface area contributed by atoms with E-state index in [-0.39, 0.29) is 12.4 Å². The third-order valence-electron chi connectivity index (χ3n) is 5.78. The van der Waals surface area contributed by atoms with E-state index in [4.69, 9.17) is 4.98 Å². The number of hydrogen-bond acceptors (Lipinski definition) is 4. The molecule has 1 atom stereocenters. The van der Waals surface area contributed by atoms with Crippen LogP contribution >= 0.6 is 0 Å². The number of aliphatic hydroxyl groups excluding tert-OH is 1. The van der Waals surface area contributed by atoms with Gasteiger partial charge < -0.3 is 5.11 Å². The molecule has 1 N–H and O–H groups in total. The second-order valence-corrected chi connectivity index (χ2v) is 7.81. The lowest BCUT2D eigenvalue weighted by atomic mass is 10.1. The van der Waals surface area contributed by atoms with E-state index in [0.717, 1.165) is 62.2 Å². The van der Waals surface area contributed by atoms with Crippen LogP contribution in [0.1, 0.15) is 17.7 Å². The molecule has 0 radical (unpaired) electrons. The Labute approximate surface area is 171 Å². The Balaban J connectivity index is 1.38. The number of pyridine rings is 1. The number of rotatable bonds is 7. The number of aliphatic hydroxyl groups is 1. The highest BCUT2D eigenvalue weighted by molar-refractivity contribution is 5.78. The lowest BCUT2D eigenvalue weighted by molar-refractivity contribution is 0.0556. The van der Waals surface area contributed by atoms with Gasteiger partial charge in [0.15, 0.2) is 0 Å². The number of piperazine rings is 1. The van der Waals surface area contributed by atoms with Crippen molar-refractivity contribution in [3.8, 4) is 0 Å². The van der Waals surface area contributed by atoms with Crippen molar-refractivity contribution >= 4 is 10.9 Å². The highest BCUT2D eigenvalue weighted by atomic mass is 19.1. The Morgan fingerprint density at radius 1 is 1.03 bits per heavy atom. The molecule has 1 aliphatic rings. The van der Waals surface area contributed by atoms with Gasteiger partial charge in [-0.05, 0) is 42.7 Å². The molecule has 5 heteroatoms. The molecule has 2 heterocycles. The molecule has 1 unspecified atom stereocenters. The largest absolute Gasteiger partial charge is 0.396 e. The van der Waals surface area contributed by atoms with Crippen LogP contribution in [0.25, 0.3) is 10.9 Å². The third-order valence-corrected chi connectivity index (χ3v) is 5.78. The first-order valence-electron chi connectivity index (χ1n) is 10.4. The molecule has 0 spiro atoms. The summed E-state index contributed by atoms with van der Waals surface area (Å²) in [6.07, 6.45) is 1.82. The summed E-state index contributed by atoms with van der Waals surface area (Å²) in [5.74, 6) is -0.231.